The Balaban J connectivity index is 3.86. The SMILES string of the molecule is CCOC(=O)C(N)CC=[P+]([O-])CO. The van der Waals surface area contributed by atoms with E-state index in [1.807, 2.05) is 0 Å². The minimum atomic E-state index is -1.75. The monoisotopic (exact) mass is 207 g/mol. The highest BCUT2D eigenvalue weighted by Gasteiger charge is 2.13. The summed E-state index contributed by atoms with van der Waals surface area (Å²) in [7, 11) is -1.75. The quantitative estimate of drug-likeness (QED) is 0.435. The van der Waals surface area contributed by atoms with E-state index in [-0.39, 0.29) is 13.0 Å². The first-order valence-electron chi connectivity index (χ1n) is 3.92. The second kappa shape index (κ2) is 6.97. The van der Waals surface area contributed by atoms with Crippen LogP contribution in [0.3, 0.4) is 0 Å². The molecule has 0 heterocycles. The summed E-state index contributed by atoms with van der Waals surface area (Å²) in [5.41, 5.74) is 5.39. The molecule has 0 saturated heterocycles. The first-order valence-corrected chi connectivity index (χ1v) is 5.43. The van der Waals surface area contributed by atoms with E-state index in [2.05, 4.69) is 4.74 Å². The summed E-state index contributed by atoms with van der Waals surface area (Å²) in [6.07, 6.45) is -0.251. The van der Waals surface area contributed by atoms with Gasteiger partial charge in [0.1, 0.15) is 6.04 Å². The van der Waals surface area contributed by atoms with Crippen LogP contribution < -0.4 is 10.6 Å². The topological polar surface area (TPSA) is 95.6 Å². The number of ether oxygens (including phenoxy) is 1. The zero-order valence-electron chi connectivity index (χ0n) is 7.47. The molecule has 0 spiro atoms. The maximum atomic E-state index is 10.9. The normalized spacial score (nSPS) is 14.0. The first kappa shape index (κ1) is 12.5. The number of aliphatic hydroxyl groups is 1. The van der Waals surface area contributed by atoms with Gasteiger partial charge in [-0.1, -0.05) is 0 Å². The molecule has 2 unspecified atom stereocenters. The van der Waals surface area contributed by atoms with Crippen LogP contribution in [0.4, 0.5) is 0 Å². The number of carbonyl (C=O) groups excluding carboxylic acids is 1. The van der Waals surface area contributed by atoms with Crippen molar-refractivity contribution in [3.8, 4) is 0 Å². The van der Waals surface area contributed by atoms with Gasteiger partial charge >= 0.3 is 5.97 Å². The number of rotatable bonds is 5. The zero-order chi connectivity index (χ0) is 10.3. The van der Waals surface area contributed by atoms with Crippen LogP contribution in [0.5, 0.6) is 0 Å². The molecular formula is C7H14NO4P. The second-order valence-corrected chi connectivity index (χ2v) is 3.82. The Labute approximate surface area is 78.0 Å². The molecule has 0 rings (SSSR count). The van der Waals surface area contributed by atoms with Crippen molar-refractivity contribution in [2.45, 2.75) is 19.4 Å². The van der Waals surface area contributed by atoms with Crippen LogP contribution in [-0.2, 0) is 9.53 Å². The van der Waals surface area contributed by atoms with Crippen LogP contribution in [0.15, 0.2) is 0 Å². The minimum absolute atomic E-state index is 0.161. The number of carbonyl (C=O) groups is 1. The van der Waals surface area contributed by atoms with E-state index in [0.717, 1.165) is 0 Å². The van der Waals surface area contributed by atoms with Crippen molar-refractivity contribution in [3.63, 3.8) is 0 Å². The van der Waals surface area contributed by atoms with Crippen molar-refractivity contribution < 1.29 is 19.5 Å². The molecule has 0 saturated carbocycles. The van der Waals surface area contributed by atoms with Crippen molar-refractivity contribution in [1.82, 2.24) is 0 Å². The van der Waals surface area contributed by atoms with Crippen LogP contribution in [0.1, 0.15) is 13.3 Å². The smallest absolute Gasteiger partial charge is 0.323 e. The van der Waals surface area contributed by atoms with E-state index in [9.17, 15) is 9.69 Å². The van der Waals surface area contributed by atoms with E-state index in [1.165, 1.54) is 5.80 Å². The lowest BCUT2D eigenvalue weighted by Gasteiger charge is -2.06. The van der Waals surface area contributed by atoms with E-state index in [4.69, 9.17) is 10.8 Å². The van der Waals surface area contributed by atoms with Crippen molar-refractivity contribution in [3.05, 3.63) is 0 Å². The van der Waals surface area contributed by atoms with Crippen LogP contribution in [0, 0.1) is 0 Å². The zero-order valence-corrected chi connectivity index (χ0v) is 8.37. The predicted molar refractivity (Wildman–Crippen MR) is 49.3 cm³/mol. The van der Waals surface area contributed by atoms with Gasteiger partial charge in [0.15, 0.2) is 6.35 Å². The number of aliphatic hydroxyl groups excluding tert-OH is 1. The fraction of sp³-hybridized carbons (Fsp3) is 0.714. The number of hydrogen-bond acceptors (Lipinski definition) is 5. The highest BCUT2D eigenvalue weighted by molar-refractivity contribution is 7.49. The van der Waals surface area contributed by atoms with E-state index in [0.29, 0.717) is 0 Å². The summed E-state index contributed by atoms with van der Waals surface area (Å²) in [5, 5.41) is 8.42. The van der Waals surface area contributed by atoms with Crippen molar-refractivity contribution in [2.75, 3.05) is 13.0 Å². The van der Waals surface area contributed by atoms with Crippen LogP contribution in [0.2, 0.25) is 0 Å². The second-order valence-electron chi connectivity index (χ2n) is 2.34. The molecule has 76 valence electrons. The van der Waals surface area contributed by atoms with Crippen LogP contribution in [0.25, 0.3) is 0 Å². The molecule has 0 amide bonds. The van der Waals surface area contributed by atoms with Crippen LogP contribution >= 0.6 is 7.77 Å². The molecule has 6 heteroatoms. The standard InChI is InChI=1S/C7H14NO4P/c1-2-12-7(10)6(8)3-4-13(11)5-9/h4,6,9H,2-3,5,8H2,1H3. The molecule has 3 N–H and O–H groups in total. The number of esters is 1. The van der Waals surface area contributed by atoms with Gasteiger partial charge < -0.3 is 20.5 Å². The highest BCUT2D eigenvalue weighted by Crippen LogP contribution is 2.06. The third-order valence-corrected chi connectivity index (χ3v) is 2.19. The molecule has 0 radical (unpaired) electrons. The Bertz CT molecular complexity index is 195. The lowest BCUT2D eigenvalue weighted by molar-refractivity contribution is -0.155. The van der Waals surface area contributed by atoms with E-state index < -0.39 is 26.1 Å². The summed E-state index contributed by atoms with van der Waals surface area (Å²) in [6.45, 7) is 1.96. The maximum absolute atomic E-state index is 10.9. The Morgan fingerprint density at radius 1 is 1.85 bits per heavy atom. The Morgan fingerprint density at radius 3 is 2.92 bits per heavy atom. The molecule has 13 heavy (non-hydrogen) atoms. The Hall–Kier alpha value is -0.480. The summed E-state index contributed by atoms with van der Waals surface area (Å²) in [6, 6.07) is -0.787. The fourth-order valence-corrected chi connectivity index (χ4v) is 1.21. The van der Waals surface area contributed by atoms with Gasteiger partial charge in [0.2, 0.25) is 0 Å². The molecule has 5 nitrogen and oxygen atoms in total. The fourth-order valence-electron chi connectivity index (χ4n) is 0.634. The number of nitrogens with two attached hydrogens (primary N) is 1. The van der Waals surface area contributed by atoms with Gasteiger partial charge in [-0.2, -0.15) is 0 Å². The van der Waals surface area contributed by atoms with Crippen molar-refractivity contribution >= 4 is 19.5 Å². The van der Waals surface area contributed by atoms with Gasteiger partial charge in [-0.15, -0.1) is 0 Å². The third-order valence-electron chi connectivity index (χ3n) is 1.29. The largest absolute Gasteiger partial charge is 0.629 e. The highest BCUT2D eigenvalue weighted by atomic mass is 31.1. The lowest BCUT2D eigenvalue weighted by atomic mass is 10.2. The third kappa shape index (κ3) is 5.71. The maximum Gasteiger partial charge on any atom is 0.323 e. The first-order chi connectivity index (χ1) is 6.11. The van der Waals surface area contributed by atoms with Gasteiger partial charge in [0, 0.05) is 6.42 Å². The van der Waals surface area contributed by atoms with Gasteiger partial charge in [-0.25, -0.2) is 0 Å². The van der Waals surface area contributed by atoms with Gasteiger partial charge in [0.25, 0.3) is 0 Å². The molecule has 0 aromatic carbocycles. The van der Waals surface area contributed by atoms with E-state index >= 15 is 0 Å². The van der Waals surface area contributed by atoms with Gasteiger partial charge in [-0.05, 0) is 6.92 Å². The minimum Gasteiger partial charge on any atom is -0.629 e. The summed E-state index contributed by atoms with van der Waals surface area (Å²) < 4.78 is 4.63. The molecule has 0 bridgehead atoms. The van der Waals surface area contributed by atoms with Crippen LogP contribution in [-0.4, -0.2) is 35.9 Å². The molecule has 0 aromatic heterocycles. The summed E-state index contributed by atoms with van der Waals surface area (Å²) in [5.74, 6) is 0.816. The Morgan fingerprint density at radius 2 is 2.46 bits per heavy atom. The molecule has 2 atom stereocenters. The van der Waals surface area contributed by atoms with E-state index in [1.54, 1.807) is 6.92 Å². The Kier molecular flexibility index (Phi) is 6.72. The lowest BCUT2D eigenvalue weighted by Crippen LogP contribution is -2.32. The molecular weight excluding hydrogens is 193 g/mol. The molecule has 0 aliphatic rings. The predicted octanol–water partition coefficient (Wildman–Crippen LogP) is -1.22. The molecule has 0 aliphatic carbocycles. The summed E-state index contributed by atoms with van der Waals surface area (Å²) >= 11 is 0. The average molecular weight is 207 g/mol. The molecule has 0 aromatic rings. The van der Waals surface area contributed by atoms with Gasteiger partial charge in [0.05, 0.1) is 20.2 Å². The molecule has 0 fully saturated rings. The number of hydrogen-bond donors (Lipinski definition) is 2. The average Bonchev–Trinajstić information content (AvgIpc) is 2.13. The molecule has 0 aliphatic heterocycles. The van der Waals surface area contributed by atoms with Crippen molar-refractivity contribution in [2.24, 2.45) is 5.73 Å². The van der Waals surface area contributed by atoms with Crippen molar-refractivity contribution in [1.29, 1.82) is 0 Å². The van der Waals surface area contributed by atoms with Gasteiger partial charge in [-0.3, -0.25) is 4.79 Å². The summed E-state index contributed by atoms with van der Waals surface area (Å²) in [4.78, 5) is 21.7.